The van der Waals surface area contributed by atoms with Crippen LogP contribution in [0.2, 0.25) is 0 Å². The van der Waals surface area contributed by atoms with Crippen LogP contribution in [-0.2, 0) is 16.6 Å². The van der Waals surface area contributed by atoms with Crippen LogP contribution >= 0.6 is 27.3 Å². The molecule has 2 N–H and O–H groups in total. The summed E-state index contributed by atoms with van der Waals surface area (Å²) in [6, 6.07) is 5.13. The van der Waals surface area contributed by atoms with E-state index in [0.717, 1.165) is 25.8 Å². The second-order valence-electron chi connectivity index (χ2n) is 4.24. The number of nitrogens with two attached hydrogens (primary N) is 1. The lowest BCUT2D eigenvalue weighted by molar-refractivity contribution is 0.466. The van der Waals surface area contributed by atoms with E-state index in [1.807, 2.05) is 11.4 Å². The van der Waals surface area contributed by atoms with Gasteiger partial charge in [0.05, 0.1) is 8.68 Å². The third-order valence-electron chi connectivity index (χ3n) is 2.63. The van der Waals surface area contributed by atoms with Gasteiger partial charge in [0.2, 0.25) is 10.0 Å². The van der Waals surface area contributed by atoms with Gasteiger partial charge in [-0.15, -0.1) is 11.3 Å². The number of anilines is 1. The summed E-state index contributed by atoms with van der Waals surface area (Å²) in [5.41, 5.74) is 6.42. The number of rotatable bonds is 4. The molecule has 0 saturated heterocycles. The molecule has 0 saturated carbocycles. The highest BCUT2D eigenvalue weighted by atomic mass is 79.9. The second-order valence-corrected chi connectivity index (χ2v) is 8.58. The maximum atomic E-state index is 13.3. The van der Waals surface area contributed by atoms with Gasteiger partial charge in [-0.1, -0.05) is 0 Å². The highest BCUT2D eigenvalue weighted by Crippen LogP contribution is 2.24. The molecule has 1 aromatic carbocycles. The van der Waals surface area contributed by atoms with Gasteiger partial charge in [-0.3, -0.25) is 0 Å². The average Bonchev–Trinajstić information content (AvgIpc) is 2.73. The molecule has 2 aromatic rings. The topological polar surface area (TPSA) is 63.4 Å². The van der Waals surface area contributed by atoms with Crippen molar-refractivity contribution in [3.05, 3.63) is 44.8 Å². The van der Waals surface area contributed by atoms with Gasteiger partial charge in [0.25, 0.3) is 0 Å². The summed E-state index contributed by atoms with van der Waals surface area (Å²) in [5, 5.41) is 1.86. The number of thiophene rings is 1. The third-order valence-corrected chi connectivity index (χ3v) is 5.96. The molecule has 0 fully saturated rings. The highest BCUT2D eigenvalue weighted by molar-refractivity contribution is 9.11. The number of halogens is 2. The first-order chi connectivity index (χ1) is 9.29. The fourth-order valence-corrected chi connectivity index (χ4v) is 4.11. The normalized spacial score (nSPS) is 12.0. The Morgan fingerprint density at radius 1 is 1.35 bits per heavy atom. The summed E-state index contributed by atoms with van der Waals surface area (Å²) >= 11 is 4.79. The molecule has 1 heterocycles. The average molecular weight is 379 g/mol. The van der Waals surface area contributed by atoms with Crippen LogP contribution in [0, 0.1) is 5.82 Å². The molecule has 20 heavy (non-hydrogen) atoms. The van der Waals surface area contributed by atoms with E-state index >= 15 is 0 Å². The van der Waals surface area contributed by atoms with Crippen LogP contribution in [0.25, 0.3) is 0 Å². The van der Waals surface area contributed by atoms with Gasteiger partial charge >= 0.3 is 0 Å². The molecular weight excluding hydrogens is 367 g/mol. The maximum Gasteiger partial charge on any atom is 0.243 e. The van der Waals surface area contributed by atoms with E-state index in [9.17, 15) is 12.8 Å². The number of sulfonamides is 1. The maximum absolute atomic E-state index is 13.3. The number of hydrogen-bond acceptors (Lipinski definition) is 4. The van der Waals surface area contributed by atoms with E-state index in [4.69, 9.17) is 5.73 Å². The minimum absolute atomic E-state index is 0.0789. The molecule has 1 aromatic heterocycles. The van der Waals surface area contributed by atoms with Crippen molar-refractivity contribution in [3.8, 4) is 0 Å². The molecule has 0 unspecified atom stereocenters. The standard InChI is InChI=1S/C12H12BrFN2O2S2/c1-16(6-8-2-12(13)19-7-8)20(17,18)11-4-9(14)3-10(15)5-11/h2-5,7H,6,15H2,1H3. The zero-order valence-corrected chi connectivity index (χ0v) is 13.7. The quantitative estimate of drug-likeness (QED) is 0.831. The van der Waals surface area contributed by atoms with Crippen LogP contribution < -0.4 is 5.73 Å². The van der Waals surface area contributed by atoms with E-state index < -0.39 is 15.8 Å². The molecule has 2 rings (SSSR count). The Hall–Kier alpha value is -0.960. The zero-order chi connectivity index (χ0) is 14.9. The van der Waals surface area contributed by atoms with Crippen molar-refractivity contribution >= 4 is 43.0 Å². The fourth-order valence-electron chi connectivity index (χ4n) is 1.68. The Morgan fingerprint density at radius 2 is 2.05 bits per heavy atom. The van der Waals surface area contributed by atoms with E-state index in [2.05, 4.69) is 15.9 Å². The Balaban J connectivity index is 2.29. The summed E-state index contributed by atoms with van der Waals surface area (Å²) in [7, 11) is -2.32. The largest absolute Gasteiger partial charge is 0.399 e. The summed E-state index contributed by atoms with van der Waals surface area (Å²) in [6.07, 6.45) is 0. The Morgan fingerprint density at radius 3 is 2.60 bits per heavy atom. The predicted molar refractivity (Wildman–Crippen MR) is 81.5 cm³/mol. The van der Waals surface area contributed by atoms with Gasteiger partial charge in [-0.2, -0.15) is 4.31 Å². The van der Waals surface area contributed by atoms with Crippen molar-refractivity contribution in [2.75, 3.05) is 12.8 Å². The minimum atomic E-state index is -3.77. The first-order valence-electron chi connectivity index (χ1n) is 5.54. The first kappa shape index (κ1) is 15.4. The van der Waals surface area contributed by atoms with Gasteiger partial charge in [-0.25, -0.2) is 12.8 Å². The molecular formula is C12H12BrFN2O2S2. The van der Waals surface area contributed by atoms with Crippen molar-refractivity contribution in [2.24, 2.45) is 0 Å². The number of hydrogen-bond donors (Lipinski definition) is 1. The van der Waals surface area contributed by atoms with E-state index in [1.54, 1.807) is 0 Å². The molecule has 8 heteroatoms. The van der Waals surface area contributed by atoms with Crippen LogP contribution in [-0.4, -0.2) is 19.8 Å². The van der Waals surface area contributed by atoms with Crippen LogP contribution in [0.3, 0.4) is 0 Å². The summed E-state index contributed by atoms with van der Waals surface area (Å²) in [4.78, 5) is -0.146. The Bertz CT molecular complexity index is 711. The van der Waals surface area contributed by atoms with E-state index in [0.29, 0.717) is 0 Å². The van der Waals surface area contributed by atoms with Crippen molar-refractivity contribution in [3.63, 3.8) is 0 Å². The van der Waals surface area contributed by atoms with Crippen LogP contribution in [0.5, 0.6) is 0 Å². The molecule has 108 valence electrons. The monoisotopic (exact) mass is 378 g/mol. The minimum Gasteiger partial charge on any atom is -0.399 e. The third kappa shape index (κ3) is 3.38. The van der Waals surface area contributed by atoms with Crippen LogP contribution in [0.15, 0.2) is 38.3 Å². The summed E-state index contributed by atoms with van der Waals surface area (Å²) in [6.45, 7) is 0.209. The summed E-state index contributed by atoms with van der Waals surface area (Å²) in [5.74, 6) is -0.671. The Kier molecular flexibility index (Phi) is 4.48. The van der Waals surface area contributed by atoms with Crippen molar-refractivity contribution in [2.45, 2.75) is 11.4 Å². The van der Waals surface area contributed by atoms with Crippen molar-refractivity contribution in [1.82, 2.24) is 4.31 Å². The lowest BCUT2D eigenvalue weighted by atomic mass is 10.3. The number of nitrogen functional groups attached to an aromatic ring is 1. The number of nitrogens with zero attached hydrogens (tertiary/aromatic N) is 1. The highest BCUT2D eigenvalue weighted by Gasteiger charge is 2.22. The fraction of sp³-hybridized carbons (Fsp3) is 0.167. The Labute approximate surface area is 129 Å². The van der Waals surface area contributed by atoms with Crippen molar-refractivity contribution < 1.29 is 12.8 Å². The van der Waals surface area contributed by atoms with Crippen LogP contribution in [0.4, 0.5) is 10.1 Å². The molecule has 0 spiro atoms. The predicted octanol–water partition coefficient (Wildman–Crippen LogP) is 3.05. The zero-order valence-electron chi connectivity index (χ0n) is 10.5. The van der Waals surface area contributed by atoms with E-state index in [-0.39, 0.29) is 17.1 Å². The van der Waals surface area contributed by atoms with Gasteiger partial charge < -0.3 is 5.73 Å². The summed E-state index contributed by atoms with van der Waals surface area (Å²) < 4.78 is 40.1. The van der Waals surface area contributed by atoms with Gasteiger partial charge in [0.15, 0.2) is 0 Å². The van der Waals surface area contributed by atoms with Gasteiger partial charge in [0.1, 0.15) is 5.82 Å². The molecule has 0 aliphatic carbocycles. The van der Waals surface area contributed by atoms with Gasteiger partial charge in [-0.05, 0) is 51.1 Å². The van der Waals surface area contributed by atoms with E-state index in [1.165, 1.54) is 24.5 Å². The van der Waals surface area contributed by atoms with Crippen molar-refractivity contribution in [1.29, 1.82) is 0 Å². The lowest BCUT2D eigenvalue weighted by Crippen LogP contribution is -2.26. The molecule has 0 radical (unpaired) electrons. The molecule has 0 bridgehead atoms. The van der Waals surface area contributed by atoms with Gasteiger partial charge in [0, 0.05) is 19.3 Å². The molecule has 0 amide bonds. The molecule has 0 aliphatic heterocycles. The number of benzene rings is 1. The SMILES string of the molecule is CN(Cc1csc(Br)c1)S(=O)(=O)c1cc(N)cc(F)c1. The first-order valence-corrected chi connectivity index (χ1v) is 8.65. The smallest absolute Gasteiger partial charge is 0.243 e. The molecule has 4 nitrogen and oxygen atoms in total. The second kappa shape index (κ2) is 5.80. The van der Waals surface area contributed by atoms with Crippen LogP contribution in [0.1, 0.15) is 5.56 Å². The molecule has 0 atom stereocenters. The lowest BCUT2D eigenvalue weighted by Gasteiger charge is -2.17. The molecule has 0 aliphatic rings.